The molecule has 4 nitrogen and oxygen atoms in total. The molecule has 1 unspecified atom stereocenters. The third-order valence-electron chi connectivity index (χ3n) is 5.08. The fourth-order valence-electron chi connectivity index (χ4n) is 3.62. The van der Waals surface area contributed by atoms with Gasteiger partial charge in [-0.05, 0) is 39.5 Å². The molecule has 0 saturated carbocycles. The van der Waals surface area contributed by atoms with Crippen molar-refractivity contribution < 1.29 is 0 Å². The van der Waals surface area contributed by atoms with Crippen LogP contribution in [0.1, 0.15) is 48.0 Å². The number of likely N-dealkylation sites (N-methyl/N-ethyl adjacent to an activating group) is 4. The first-order chi connectivity index (χ1) is 10.1. The Kier molecular flexibility index (Phi) is 8.79. The van der Waals surface area contributed by atoms with E-state index in [1.165, 1.54) is 58.9 Å². The number of hydrogen-bond donors (Lipinski definition) is 0. The summed E-state index contributed by atoms with van der Waals surface area (Å²) in [5, 5.41) is 0. The van der Waals surface area contributed by atoms with Gasteiger partial charge in [0.15, 0.2) is 0 Å². The molecule has 2 heterocycles. The van der Waals surface area contributed by atoms with E-state index in [2.05, 4.69) is 61.1 Å². The molecule has 2 saturated heterocycles. The first-order valence-corrected chi connectivity index (χ1v) is 9.05. The van der Waals surface area contributed by atoms with E-state index in [-0.39, 0.29) is 0 Å². The van der Waals surface area contributed by atoms with E-state index >= 15 is 0 Å². The first-order valence-electron chi connectivity index (χ1n) is 9.05. The summed E-state index contributed by atoms with van der Waals surface area (Å²) < 4.78 is 0. The molecular weight excluding hydrogens is 260 g/mol. The summed E-state index contributed by atoms with van der Waals surface area (Å²) in [6.07, 6.45) is 1.99. The van der Waals surface area contributed by atoms with Crippen LogP contribution in [0.4, 0.5) is 0 Å². The van der Waals surface area contributed by atoms with Crippen LogP contribution in [-0.2, 0) is 0 Å². The number of hydrogen-bond acceptors (Lipinski definition) is 4. The molecule has 21 heavy (non-hydrogen) atoms. The zero-order chi connectivity index (χ0) is 15.8. The molecule has 0 radical (unpaired) electrons. The van der Waals surface area contributed by atoms with Crippen LogP contribution in [-0.4, -0.2) is 84.3 Å². The standard InChI is InChI=1S/C9H20N2.C8H18N2/c1-4-9-10(5-2)7-8-11(9)6-3;1-4-9-6-8(3)10(5-2)7-9/h9H,4-8H2,1-3H3;8H,4-7H2,1-3H3. The van der Waals surface area contributed by atoms with Crippen molar-refractivity contribution in [3.63, 3.8) is 0 Å². The minimum absolute atomic E-state index is 0.727. The summed E-state index contributed by atoms with van der Waals surface area (Å²) in [7, 11) is 0. The molecule has 1 atom stereocenters. The lowest BCUT2D eigenvalue weighted by atomic mass is 10.3. The molecule has 4 heteroatoms. The molecule has 0 aromatic heterocycles. The van der Waals surface area contributed by atoms with Crippen molar-refractivity contribution >= 4 is 0 Å². The summed E-state index contributed by atoms with van der Waals surface area (Å²) in [6, 6.07) is 0.768. The van der Waals surface area contributed by atoms with Gasteiger partial charge in [0.1, 0.15) is 0 Å². The summed E-state index contributed by atoms with van der Waals surface area (Å²) in [6.45, 7) is 23.3. The average molecular weight is 299 g/mol. The quantitative estimate of drug-likeness (QED) is 0.772. The van der Waals surface area contributed by atoms with E-state index in [1.807, 2.05) is 0 Å². The predicted octanol–water partition coefficient (Wildman–Crippen LogP) is 2.37. The summed E-state index contributed by atoms with van der Waals surface area (Å²) in [5.74, 6) is 0. The van der Waals surface area contributed by atoms with Crippen LogP contribution in [0, 0.1) is 0 Å². The SMILES string of the molecule is CCC1N(CC)CCN1CC.CCN1CC(C)N(CC)C1. The van der Waals surface area contributed by atoms with Gasteiger partial charge in [-0.1, -0.05) is 34.6 Å². The van der Waals surface area contributed by atoms with Gasteiger partial charge >= 0.3 is 0 Å². The van der Waals surface area contributed by atoms with Gasteiger partial charge in [-0.25, -0.2) is 0 Å². The second-order valence-corrected chi connectivity index (χ2v) is 6.21. The zero-order valence-electron chi connectivity index (χ0n) is 15.3. The number of rotatable bonds is 5. The second kappa shape index (κ2) is 9.78. The Balaban J connectivity index is 0.000000211. The van der Waals surface area contributed by atoms with E-state index in [0.717, 1.165) is 12.2 Å². The Morgan fingerprint density at radius 3 is 1.57 bits per heavy atom. The van der Waals surface area contributed by atoms with Crippen molar-refractivity contribution in [1.82, 2.24) is 19.6 Å². The Hall–Kier alpha value is -0.160. The Morgan fingerprint density at radius 1 is 0.762 bits per heavy atom. The van der Waals surface area contributed by atoms with Crippen LogP contribution in [0.2, 0.25) is 0 Å². The van der Waals surface area contributed by atoms with E-state index in [1.54, 1.807) is 0 Å². The maximum atomic E-state index is 2.56. The fourth-order valence-corrected chi connectivity index (χ4v) is 3.62. The lowest BCUT2D eigenvalue weighted by Crippen LogP contribution is -2.37. The van der Waals surface area contributed by atoms with Crippen LogP contribution >= 0.6 is 0 Å². The van der Waals surface area contributed by atoms with Crippen LogP contribution in [0.15, 0.2) is 0 Å². The van der Waals surface area contributed by atoms with Gasteiger partial charge in [-0.3, -0.25) is 19.6 Å². The van der Waals surface area contributed by atoms with Crippen molar-refractivity contribution in [1.29, 1.82) is 0 Å². The van der Waals surface area contributed by atoms with Crippen molar-refractivity contribution in [3.8, 4) is 0 Å². The molecule has 0 spiro atoms. The number of nitrogens with zero attached hydrogens (tertiary/aromatic N) is 4. The highest BCUT2D eigenvalue weighted by molar-refractivity contribution is 4.79. The lowest BCUT2D eigenvalue weighted by Gasteiger charge is -2.27. The summed E-state index contributed by atoms with van der Waals surface area (Å²) in [5.41, 5.74) is 0. The van der Waals surface area contributed by atoms with Crippen molar-refractivity contribution in [2.75, 3.05) is 52.5 Å². The molecule has 0 bridgehead atoms. The molecule has 0 aliphatic carbocycles. The molecule has 0 N–H and O–H groups in total. The van der Waals surface area contributed by atoms with E-state index in [4.69, 9.17) is 0 Å². The van der Waals surface area contributed by atoms with Crippen LogP contribution in [0.5, 0.6) is 0 Å². The van der Waals surface area contributed by atoms with Crippen LogP contribution in [0.3, 0.4) is 0 Å². The van der Waals surface area contributed by atoms with Crippen molar-refractivity contribution in [2.45, 2.75) is 60.2 Å². The minimum atomic E-state index is 0.727. The normalized spacial score (nSPS) is 26.3. The molecule has 0 aromatic rings. The summed E-state index contributed by atoms with van der Waals surface area (Å²) in [4.78, 5) is 10.1. The smallest absolute Gasteiger partial charge is 0.0620 e. The molecular formula is C17H38N4. The minimum Gasteiger partial charge on any atom is -0.289 e. The van der Waals surface area contributed by atoms with E-state index in [9.17, 15) is 0 Å². The Labute approximate surface area is 133 Å². The van der Waals surface area contributed by atoms with Crippen molar-refractivity contribution in [3.05, 3.63) is 0 Å². The van der Waals surface area contributed by atoms with Gasteiger partial charge in [0.25, 0.3) is 0 Å². The lowest BCUT2D eigenvalue weighted by molar-refractivity contribution is 0.142. The maximum absolute atomic E-state index is 2.56. The fraction of sp³-hybridized carbons (Fsp3) is 1.00. The molecule has 2 aliphatic rings. The largest absolute Gasteiger partial charge is 0.289 e. The monoisotopic (exact) mass is 298 g/mol. The van der Waals surface area contributed by atoms with Gasteiger partial charge in [-0.15, -0.1) is 0 Å². The molecule has 2 aliphatic heterocycles. The topological polar surface area (TPSA) is 13.0 Å². The van der Waals surface area contributed by atoms with Gasteiger partial charge < -0.3 is 0 Å². The molecule has 126 valence electrons. The van der Waals surface area contributed by atoms with E-state index < -0.39 is 0 Å². The third-order valence-corrected chi connectivity index (χ3v) is 5.08. The van der Waals surface area contributed by atoms with Gasteiger partial charge in [0, 0.05) is 25.7 Å². The average Bonchev–Trinajstić information content (AvgIpc) is 3.09. The first kappa shape index (κ1) is 18.9. The van der Waals surface area contributed by atoms with E-state index in [0.29, 0.717) is 0 Å². The van der Waals surface area contributed by atoms with Crippen LogP contribution < -0.4 is 0 Å². The highest BCUT2D eigenvalue weighted by Crippen LogP contribution is 2.15. The van der Waals surface area contributed by atoms with Gasteiger partial charge in [0.2, 0.25) is 0 Å². The Morgan fingerprint density at radius 2 is 1.29 bits per heavy atom. The second-order valence-electron chi connectivity index (χ2n) is 6.21. The molecule has 0 aromatic carbocycles. The van der Waals surface area contributed by atoms with Gasteiger partial charge in [-0.2, -0.15) is 0 Å². The highest BCUT2D eigenvalue weighted by Gasteiger charge is 2.27. The maximum Gasteiger partial charge on any atom is 0.0620 e. The van der Waals surface area contributed by atoms with Crippen molar-refractivity contribution in [2.24, 2.45) is 0 Å². The molecule has 2 rings (SSSR count). The summed E-state index contributed by atoms with van der Waals surface area (Å²) >= 11 is 0. The van der Waals surface area contributed by atoms with Gasteiger partial charge in [0.05, 0.1) is 12.8 Å². The highest BCUT2D eigenvalue weighted by atomic mass is 15.4. The molecule has 2 fully saturated rings. The van der Waals surface area contributed by atoms with Crippen LogP contribution in [0.25, 0.3) is 0 Å². The third kappa shape index (κ3) is 5.20. The Bertz CT molecular complexity index is 260. The zero-order valence-corrected chi connectivity index (χ0v) is 15.3. The predicted molar refractivity (Wildman–Crippen MR) is 92.5 cm³/mol. The molecule has 0 amide bonds.